The van der Waals surface area contributed by atoms with Crippen LogP contribution in [0.5, 0.6) is 11.5 Å². The Balaban J connectivity index is 1.39. The van der Waals surface area contributed by atoms with Gasteiger partial charge in [0.2, 0.25) is 5.91 Å². The van der Waals surface area contributed by atoms with E-state index in [0.717, 1.165) is 5.56 Å². The second-order valence-corrected chi connectivity index (χ2v) is 7.88. The van der Waals surface area contributed by atoms with Gasteiger partial charge in [-0.2, -0.15) is 0 Å². The third-order valence-corrected chi connectivity index (χ3v) is 5.59. The van der Waals surface area contributed by atoms with Gasteiger partial charge in [0.1, 0.15) is 18.8 Å². The van der Waals surface area contributed by atoms with Crippen molar-refractivity contribution in [2.75, 3.05) is 13.2 Å². The Labute approximate surface area is 178 Å². The van der Waals surface area contributed by atoms with E-state index in [1.165, 1.54) is 11.3 Å². The van der Waals surface area contributed by atoms with E-state index in [-0.39, 0.29) is 24.5 Å². The molecule has 1 aliphatic rings. The van der Waals surface area contributed by atoms with Crippen molar-refractivity contribution in [1.82, 2.24) is 10.6 Å². The molecule has 0 saturated heterocycles. The molecule has 0 unspecified atom stereocenters. The monoisotopic (exact) mass is 422 g/mol. The van der Waals surface area contributed by atoms with E-state index in [9.17, 15) is 9.59 Å². The van der Waals surface area contributed by atoms with Crippen LogP contribution in [-0.4, -0.2) is 37.1 Å². The number of nitrogens with one attached hydrogen (secondary N) is 2. The molecule has 0 bridgehead atoms. The molecule has 0 saturated carbocycles. The maximum atomic E-state index is 12.9. The molecular formula is C23H22N2O4S. The van der Waals surface area contributed by atoms with Gasteiger partial charge < -0.3 is 20.1 Å². The van der Waals surface area contributed by atoms with Crippen LogP contribution in [0.15, 0.2) is 72.1 Å². The topological polar surface area (TPSA) is 76.7 Å². The summed E-state index contributed by atoms with van der Waals surface area (Å²) in [5.41, 5.74) is 0.968. The van der Waals surface area contributed by atoms with Crippen LogP contribution in [0.1, 0.15) is 15.2 Å². The summed E-state index contributed by atoms with van der Waals surface area (Å²) in [5.74, 6) is 0.846. The molecule has 1 aromatic heterocycles. The summed E-state index contributed by atoms with van der Waals surface area (Å²) in [5, 5.41) is 7.59. The van der Waals surface area contributed by atoms with Gasteiger partial charge in [-0.15, -0.1) is 11.3 Å². The fourth-order valence-electron chi connectivity index (χ4n) is 3.20. The van der Waals surface area contributed by atoms with Crippen molar-refractivity contribution in [3.05, 3.63) is 82.6 Å². The van der Waals surface area contributed by atoms with E-state index < -0.39 is 6.04 Å². The van der Waals surface area contributed by atoms with E-state index in [1.54, 1.807) is 6.07 Å². The third-order valence-electron chi connectivity index (χ3n) is 4.72. The number of carbonyl (C=O) groups is 2. The zero-order valence-corrected chi connectivity index (χ0v) is 17.1. The van der Waals surface area contributed by atoms with Crippen LogP contribution in [-0.2, 0) is 11.2 Å². The SMILES string of the molecule is O=C(N[C@@H](Cc1ccccc1)C(=O)NC[C@H]1COc2ccccc2O1)c1cccs1. The molecule has 3 aromatic rings. The number of benzene rings is 2. The molecule has 0 radical (unpaired) electrons. The average Bonchev–Trinajstić information content (AvgIpc) is 3.33. The van der Waals surface area contributed by atoms with Crippen LogP contribution in [0.2, 0.25) is 0 Å². The first kappa shape index (κ1) is 20.0. The molecule has 2 atom stereocenters. The fourth-order valence-corrected chi connectivity index (χ4v) is 3.82. The largest absolute Gasteiger partial charge is 0.486 e. The molecule has 154 valence electrons. The second-order valence-electron chi connectivity index (χ2n) is 6.94. The van der Waals surface area contributed by atoms with Gasteiger partial charge in [0.25, 0.3) is 5.91 Å². The summed E-state index contributed by atoms with van der Waals surface area (Å²) < 4.78 is 11.6. The second kappa shape index (κ2) is 9.45. The van der Waals surface area contributed by atoms with Crippen molar-refractivity contribution in [2.24, 2.45) is 0 Å². The Morgan fingerprint density at radius 3 is 2.53 bits per heavy atom. The number of rotatable bonds is 7. The molecule has 1 aliphatic heterocycles. The highest BCUT2D eigenvalue weighted by molar-refractivity contribution is 7.12. The minimum Gasteiger partial charge on any atom is -0.486 e. The number of hydrogen-bond acceptors (Lipinski definition) is 5. The minimum absolute atomic E-state index is 0.257. The van der Waals surface area contributed by atoms with Gasteiger partial charge in [-0.25, -0.2) is 0 Å². The Hall–Kier alpha value is -3.32. The lowest BCUT2D eigenvalue weighted by molar-refractivity contribution is -0.123. The molecule has 0 spiro atoms. The van der Waals surface area contributed by atoms with Gasteiger partial charge in [0.15, 0.2) is 11.5 Å². The van der Waals surface area contributed by atoms with E-state index in [4.69, 9.17) is 9.47 Å². The van der Waals surface area contributed by atoms with E-state index in [0.29, 0.717) is 29.4 Å². The molecular weight excluding hydrogens is 400 g/mol. The van der Waals surface area contributed by atoms with Crippen LogP contribution >= 0.6 is 11.3 Å². The zero-order valence-electron chi connectivity index (χ0n) is 16.2. The highest BCUT2D eigenvalue weighted by atomic mass is 32.1. The number of thiophene rings is 1. The van der Waals surface area contributed by atoms with E-state index in [2.05, 4.69) is 10.6 Å². The van der Waals surface area contributed by atoms with Crippen LogP contribution in [0.3, 0.4) is 0 Å². The van der Waals surface area contributed by atoms with Gasteiger partial charge in [0.05, 0.1) is 11.4 Å². The lowest BCUT2D eigenvalue weighted by Gasteiger charge is -2.27. The summed E-state index contributed by atoms with van der Waals surface area (Å²) in [6.45, 7) is 0.634. The number of carbonyl (C=O) groups excluding carboxylic acids is 2. The normalized spacial score (nSPS) is 15.8. The predicted octanol–water partition coefficient (Wildman–Crippen LogP) is 3.05. The first-order valence-corrected chi connectivity index (χ1v) is 10.6. The standard InChI is InChI=1S/C23H22N2O4S/c26-22(24-14-17-15-28-19-9-4-5-10-20(19)29-17)18(13-16-7-2-1-3-8-16)25-23(27)21-11-6-12-30-21/h1-12,17-18H,13-15H2,(H,24,26)(H,25,27)/t17-,18-/m0/s1. The maximum Gasteiger partial charge on any atom is 0.262 e. The Bertz CT molecular complexity index is 991. The Morgan fingerprint density at radius 2 is 1.77 bits per heavy atom. The van der Waals surface area contributed by atoms with Crippen LogP contribution in [0, 0.1) is 0 Å². The number of fused-ring (bicyclic) bond motifs is 1. The molecule has 7 heteroatoms. The van der Waals surface area contributed by atoms with E-state index >= 15 is 0 Å². The molecule has 4 rings (SSSR count). The zero-order chi connectivity index (χ0) is 20.8. The first-order valence-electron chi connectivity index (χ1n) is 9.73. The summed E-state index contributed by atoms with van der Waals surface area (Å²) in [6.07, 6.45) is 0.100. The van der Waals surface area contributed by atoms with Crippen molar-refractivity contribution in [2.45, 2.75) is 18.6 Å². The Kier molecular flexibility index (Phi) is 6.29. The molecule has 0 aliphatic carbocycles. The summed E-state index contributed by atoms with van der Waals surface area (Å²) in [7, 11) is 0. The number of para-hydroxylation sites is 2. The van der Waals surface area contributed by atoms with Gasteiger partial charge in [-0.1, -0.05) is 48.5 Å². The van der Waals surface area contributed by atoms with Crippen molar-refractivity contribution in [3.8, 4) is 11.5 Å². The van der Waals surface area contributed by atoms with Gasteiger partial charge in [0, 0.05) is 6.42 Å². The summed E-state index contributed by atoms with van der Waals surface area (Å²) in [6, 6.07) is 19.9. The van der Waals surface area contributed by atoms with Crippen molar-refractivity contribution in [3.63, 3.8) is 0 Å². The average molecular weight is 423 g/mol. The van der Waals surface area contributed by atoms with Crippen molar-refractivity contribution in [1.29, 1.82) is 0 Å². The van der Waals surface area contributed by atoms with Gasteiger partial charge in [-0.3, -0.25) is 9.59 Å². The summed E-state index contributed by atoms with van der Waals surface area (Å²) in [4.78, 5) is 26.0. The van der Waals surface area contributed by atoms with Crippen molar-refractivity contribution < 1.29 is 19.1 Å². The smallest absolute Gasteiger partial charge is 0.262 e. The highest BCUT2D eigenvalue weighted by Crippen LogP contribution is 2.30. The lowest BCUT2D eigenvalue weighted by atomic mass is 10.0. The predicted molar refractivity (Wildman–Crippen MR) is 115 cm³/mol. The highest BCUT2D eigenvalue weighted by Gasteiger charge is 2.25. The van der Waals surface area contributed by atoms with Crippen LogP contribution < -0.4 is 20.1 Å². The van der Waals surface area contributed by atoms with E-state index in [1.807, 2.05) is 66.0 Å². The molecule has 0 fully saturated rings. The number of ether oxygens (including phenoxy) is 2. The van der Waals surface area contributed by atoms with Crippen LogP contribution in [0.25, 0.3) is 0 Å². The molecule has 6 nitrogen and oxygen atoms in total. The quantitative estimate of drug-likeness (QED) is 0.614. The fraction of sp³-hybridized carbons (Fsp3) is 0.217. The molecule has 2 N–H and O–H groups in total. The number of hydrogen-bond donors (Lipinski definition) is 2. The molecule has 2 aromatic carbocycles. The number of amides is 2. The Morgan fingerprint density at radius 1 is 1.00 bits per heavy atom. The van der Waals surface area contributed by atoms with Gasteiger partial charge in [-0.05, 0) is 29.1 Å². The lowest BCUT2D eigenvalue weighted by Crippen LogP contribution is -2.50. The summed E-state index contributed by atoms with van der Waals surface area (Å²) >= 11 is 1.34. The minimum atomic E-state index is -0.696. The molecule has 2 heterocycles. The van der Waals surface area contributed by atoms with Gasteiger partial charge >= 0.3 is 0 Å². The van der Waals surface area contributed by atoms with Crippen LogP contribution in [0.4, 0.5) is 0 Å². The molecule has 30 heavy (non-hydrogen) atoms. The maximum absolute atomic E-state index is 12.9. The molecule has 2 amide bonds. The third kappa shape index (κ3) is 4.99. The van der Waals surface area contributed by atoms with Crippen molar-refractivity contribution >= 4 is 23.2 Å². The first-order chi connectivity index (χ1) is 14.7.